The summed E-state index contributed by atoms with van der Waals surface area (Å²) in [5, 5.41) is 18.8. The molecular weight excluding hydrogens is 302 g/mol. The number of methoxy groups -OCH3 is 1. The second-order valence-electron chi connectivity index (χ2n) is 5.07. The van der Waals surface area contributed by atoms with Gasteiger partial charge in [-0.25, -0.2) is 0 Å². The van der Waals surface area contributed by atoms with Crippen molar-refractivity contribution in [1.82, 2.24) is 14.8 Å². The second kappa shape index (κ2) is 8.05. The van der Waals surface area contributed by atoms with Gasteiger partial charge in [-0.1, -0.05) is 11.8 Å². The maximum atomic E-state index is 10.0. The number of aliphatic hydroxyl groups is 1. The fraction of sp³-hybridized carbons (Fsp3) is 0.467. The SMILES string of the molecule is COc1ccc(OCC(O)CSc2nncn2C(C)C)cc1. The summed E-state index contributed by atoms with van der Waals surface area (Å²) in [6.45, 7) is 4.36. The van der Waals surface area contributed by atoms with Gasteiger partial charge in [-0.2, -0.15) is 0 Å². The number of benzene rings is 1. The lowest BCUT2D eigenvalue weighted by Gasteiger charge is -2.13. The largest absolute Gasteiger partial charge is 0.497 e. The molecule has 2 aromatic rings. The van der Waals surface area contributed by atoms with E-state index in [1.54, 1.807) is 13.4 Å². The minimum atomic E-state index is -0.579. The molecule has 1 aromatic carbocycles. The van der Waals surface area contributed by atoms with Crippen LogP contribution in [-0.4, -0.2) is 45.4 Å². The van der Waals surface area contributed by atoms with E-state index in [9.17, 15) is 5.11 Å². The van der Waals surface area contributed by atoms with Crippen LogP contribution in [0.3, 0.4) is 0 Å². The lowest BCUT2D eigenvalue weighted by molar-refractivity contribution is 0.126. The number of nitrogens with zero attached hydrogens (tertiary/aromatic N) is 3. The maximum Gasteiger partial charge on any atom is 0.191 e. The van der Waals surface area contributed by atoms with Gasteiger partial charge in [0, 0.05) is 11.8 Å². The summed E-state index contributed by atoms with van der Waals surface area (Å²) in [4.78, 5) is 0. The van der Waals surface area contributed by atoms with Gasteiger partial charge in [-0.05, 0) is 38.1 Å². The average molecular weight is 323 g/mol. The summed E-state index contributed by atoms with van der Waals surface area (Å²) in [5.74, 6) is 1.98. The molecular formula is C15H21N3O3S. The number of hydrogen-bond donors (Lipinski definition) is 1. The van der Waals surface area contributed by atoms with Crippen molar-refractivity contribution in [3.63, 3.8) is 0 Å². The Balaban J connectivity index is 1.77. The molecule has 7 heteroatoms. The highest BCUT2D eigenvalue weighted by Crippen LogP contribution is 2.20. The maximum absolute atomic E-state index is 10.0. The number of aliphatic hydroxyl groups excluding tert-OH is 1. The van der Waals surface area contributed by atoms with Gasteiger partial charge < -0.3 is 19.1 Å². The molecule has 0 amide bonds. The molecule has 6 nitrogen and oxygen atoms in total. The Bertz CT molecular complexity index is 572. The molecule has 1 N–H and O–H groups in total. The smallest absolute Gasteiger partial charge is 0.191 e. The van der Waals surface area contributed by atoms with Crippen molar-refractivity contribution in [3.8, 4) is 11.5 Å². The van der Waals surface area contributed by atoms with Crippen molar-refractivity contribution < 1.29 is 14.6 Å². The van der Waals surface area contributed by atoms with Crippen molar-refractivity contribution in [3.05, 3.63) is 30.6 Å². The number of thioether (sulfide) groups is 1. The molecule has 1 atom stereocenters. The van der Waals surface area contributed by atoms with E-state index in [2.05, 4.69) is 24.0 Å². The molecule has 1 aromatic heterocycles. The van der Waals surface area contributed by atoms with Crippen molar-refractivity contribution in [2.24, 2.45) is 0 Å². The van der Waals surface area contributed by atoms with E-state index in [0.29, 0.717) is 17.5 Å². The Labute approximate surface area is 134 Å². The van der Waals surface area contributed by atoms with E-state index in [-0.39, 0.29) is 6.61 Å². The summed E-state index contributed by atoms with van der Waals surface area (Å²) < 4.78 is 12.6. The fourth-order valence-corrected chi connectivity index (χ4v) is 2.72. The van der Waals surface area contributed by atoms with Gasteiger partial charge in [0.15, 0.2) is 5.16 Å². The number of ether oxygens (including phenoxy) is 2. The van der Waals surface area contributed by atoms with Crippen molar-refractivity contribution in [1.29, 1.82) is 0 Å². The van der Waals surface area contributed by atoms with Crippen LogP contribution in [-0.2, 0) is 0 Å². The van der Waals surface area contributed by atoms with Gasteiger partial charge in [0.25, 0.3) is 0 Å². The molecule has 120 valence electrons. The summed E-state index contributed by atoms with van der Waals surface area (Å²) in [5.41, 5.74) is 0. The zero-order valence-electron chi connectivity index (χ0n) is 13.0. The lowest BCUT2D eigenvalue weighted by atomic mass is 10.3. The van der Waals surface area contributed by atoms with Crippen LogP contribution in [0.1, 0.15) is 19.9 Å². The molecule has 0 saturated carbocycles. The van der Waals surface area contributed by atoms with Gasteiger partial charge in [-0.15, -0.1) is 10.2 Å². The zero-order chi connectivity index (χ0) is 15.9. The molecule has 2 rings (SSSR count). The molecule has 1 heterocycles. The standard InChI is InChI=1S/C15H21N3O3S/c1-11(2)18-10-16-17-15(18)22-9-12(19)8-21-14-6-4-13(20-3)5-7-14/h4-7,10-12,19H,8-9H2,1-3H3. The first kappa shape index (κ1) is 16.6. The van der Waals surface area contributed by atoms with Crippen molar-refractivity contribution in [2.75, 3.05) is 19.5 Å². The summed E-state index contributed by atoms with van der Waals surface area (Å²) in [6, 6.07) is 7.57. The van der Waals surface area contributed by atoms with E-state index in [4.69, 9.17) is 9.47 Å². The average Bonchev–Trinajstić information content (AvgIpc) is 3.00. The Morgan fingerprint density at radius 1 is 1.23 bits per heavy atom. The van der Waals surface area contributed by atoms with Crippen molar-refractivity contribution in [2.45, 2.75) is 31.1 Å². The third kappa shape index (κ3) is 4.64. The van der Waals surface area contributed by atoms with Gasteiger partial charge in [0.05, 0.1) is 13.2 Å². The van der Waals surface area contributed by atoms with Crippen LogP contribution in [0.2, 0.25) is 0 Å². The first-order valence-electron chi connectivity index (χ1n) is 7.07. The molecule has 0 bridgehead atoms. The number of rotatable bonds is 8. The molecule has 0 radical (unpaired) electrons. The monoisotopic (exact) mass is 323 g/mol. The van der Waals surface area contributed by atoms with E-state index < -0.39 is 6.10 Å². The fourth-order valence-electron chi connectivity index (χ4n) is 1.77. The Morgan fingerprint density at radius 2 is 1.91 bits per heavy atom. The normalized spacial score (nSPS) is 12.4. The zero-order valence-corrected chi connectivity index (χ0v) is 13.8. The van der Waals surface area contributed by atoms with E-state index in [1.807, 2.05) is 28.8 Å². The topological polar surface area (TPSA) is 69.4 Å². The molecule has 0 spiro atoms. The highest BCUT2D eigenvalue weighted by molar-refractivity contribution is 7.99. The third-order valence-electron chi connectivity index (χ3n) is 3.00. The molecule has 0 fully saturated rings. The summed E-state index contributed by atoms with van der Waals surface area (Å²) >= 11 is 1.47. The molecule has 22 heavy (non-hydrogen) atoms. The molecule has 0 aliphatic heterocycles. The van der Waals surface area contributed by atoms with E-state index in [0.717, 1.165) is 10.9 Å². The predicted octanol–water partition coefficient (Wildman–Crippen LogP) is 2.40. The van der Waals surface area contributed by atoms with E-state index in [1.165, 1.54) is 11.8 Å². The van der Waals surface area contributed by atoms with Gasteiger partial charge >= 0.3 is 0 Å². The van der Waals surface area contributed by atoms with Gasteiger partial charge in [0.2, 0.25) is 0 Å². The quantitative estimate of drug-likeness (QED) is 0.752. The Hall–Kier alpha value is -1.73. The van der Waals surface area contributed by atoms with Gasteiger partial charge in [-0.3, -0.25) is 0 Å². The third-order valence-corrected chi connectivity index (χ3v) is 4.11. The Morgan fingerprint density at radius 3 is 2.55 bits per heavy atom. The minimum absolute atomic E-state index is 0.231. The second-order valence-corrected chi connectivity index (χ2v) is 6.05. The molecule has 0 aliphatic rings. The summed E-state index contributed by atoms with van der Waals surface area (Å²) in [7, 11) is 1.62. The Kier molecular flexibility index (Phi) is 6.09. The van der Waals surface area contributed by atoms with E-state index >= 15 is 0 Å². The first-order chi connectivity index (χ1) is 10.6. The van der Waals surface area contributed by atoms with Crippen LogP contribution >= 0.6 is 11.8 Å². The van der Waals surface area contributed by atoms with Crippen LogP contribution in [0.25, 0.3) is 0 Å². The number of aromatic nitrogens is 3. The van der Waals surface area contributed by atoms with Crippen LogP contribution < -0.4 is 9.47 Å². The number of hydrogen-bond acceptors (Lipinski definition) is 6. The lowest BCUT2D eigenvalue weighted by Crippen LogP contribution is -2.20. The summed E-state index contributed by atoms with van der Waals surface area (Å²) in [6.07, 6.45) is 1.12. The van der Waals surface area contributed by atoms with Crippen LogP contribution in [0.5, 0.6) is 11.5 Å². The molecule has 0 saturated heterocycles. The molecule has 1 unspecified atom stereocenters. The first-order valence-corrected chi connectivity index (χ1v) is 8.06. The highest BCUT2D eigenvalue weighted by Gasteiger charge is 2.12. The highest BCUT2D eigenvalue weighted by atomic mass is 32.2. The minimum Gasteiger partial charge on any atom is -0.497 e. The van der Waals surface area contributed by atoms with Crippen molar-refractivity contribution >= 4 is 11.8 Å². The molecule has 0 aliphatic carbocycles. The van der Waals surface area contributed by atoms with Crippen LogP contribution in [0.15, 0.2) is 35.7 Å². The van der Waals surface area contributed by atoms with Gasteiger partial charge in [0.1, 0.15) is 24.4 Å². The van der Waals surface area contributed by atoms with Crippen LogP contribution in [0, 0.1) is 0 Å². The predicted molar refractivity (Wildman–Crippen MR) is 85.6 cm³/mol. The van der Waals surface area contributed by atoms with Crippen LogP contribution in [0.4, 0.5) is 0 Å².